The number of urea groups is 1. The molecule has 0 saturated carbocycles. The minimum Gasteiger partial charge on any atom is -0.478 e. The molecule has 0 atom stereocenters. The van der Waals surface area contributed by atoms with Crippen LogP contribution in [-0.4, -0.2) is 27.3 Å². The van der Waals surface area contributed by atoms with Crippen LogP contribution in [0.25, 0.3) is 0 Å². The van der Waals surface area contributed by atoms with E-state index in [1.54, 1.807) is 19.1 Å². The molecule has 8 heteroatoms. The van der Waals surface area contributed by atoms with Gasteiger partial charge in [0.05, 0.1) is 11.3 Å². The summed E-state index contributed by atoms with van der Waals surface area (Å²) in [6, 6.07) is 5.57. The molecule has 0 bridgehead atoms. The summed E-state index contributed by atoms with van der Waals surface area (Å²) in [7, 11) is 0. The summed E-state index contributed by atoms with van der Waals surface area (Å²) in [4.78, 5) is 22.7. The molecule has 0 radical (unpaired) electrons. The lowest BCUT2D eigenvalue weighted by Gasteiger charge is -2.07. The van der Waals surface area contributed by atoms with Crippen molar-refractivity contribution in [2.24, 2.45) is 0 Å². The molecule has 3 N–H and O–H groups in total. The van der Waals surface area contributed by atoms with Gasteiger partial charge in [-0.15, -0.1) is 10.2 Å². The molecule has 0 aliphatic rings. The van der Waals surface area contributed by atoms with Gasteiger partial charge in [-0.25, -0.2) is 9.59 Å². The SMILES string of the molecule is Cc1nnc(NC(=O)Nc2ccccc2C(=O)O)s1. The number of nitrogens with zero attached hydrogens (tertiary/aromatic N) is 2. The third-order valence-electron chi connectivity index (χ3n) is 2.15. The van der Waals surface area contributed by atoms with Crippen LogP contribution < -0.4 is 10.6 Å². The number of aryl methyl sites for hydroxylation is 1. The summed E-state index contributed by atoms with van der Waals surface area (Å²) in [6.07, 6.45) is 0. The summed E-state index contributed by atoms with van der Waals surface area (Å²) < 4.78 is 0. The van der Waals surface area contributed by atoms with Gasteiger partial charge >= 0.3 is 12.0 Å². The maximum atomic E-state index is 11.7. The summed E-state index contributed by atoms with van der Waals surface area (Å²) in [5.74, 6) is -1.11. The van der Waals surface area contributed by atoms with Crippen molar-refractivity contribution in [3.05, 3.63) is 34.8 Å². The van der Waals surface area contributed by atoms with Gasteiger partial charge in [-0.1, -0.05) is 23.5 Å². The number of anilines is 2. The molecule has 2 aromatic rings. The van der Waals surface area contributed by atoms with Gasteiger partial charge in [0.25, 0.3) is 0 Å². The van der Waals surface area contributed by atoms with Crippen LogP contribution in [0, 0.1) is 6.92 Å². The number of aromatic carboxylic acids is 1. The maximum Gasteiger partial charge on any atom is 0.337 e. The number of hydrogen-bond donors (Lipinski definition) is 3. The van der Waals surface area contributed by atoms with Crippen LogP contribution in [0.3, 0.4) is 0 Å². The number of hydrogen-bond acceptors (Lipinski definition) is 5. The number of carboxylic acid groups (broad SMARTS) is 1. The van der Waals surface area contributed by atoms with E-state index in [1.807, 2.05) is 0 Å². The van der Waals surface area contributed by atoms with Gasteiger partial charge in [0.2, 0.25) is 5.13 Å². The highest BCUT2D eigenvalue weighted by molar-refractivity contribution is 7.15. The number of aromatic nitrogens is 2. The minimum atomic E-state index is -1.11. The van der Waals surface area contributed by atoms with E-state index >= 15 is 0 Å². The number of carbonyl (C=O) groups excluding carboxylic acids is 1. The van der Waals surface area contributed by atoms with Crippen molar-refractivity contribution in [2.75, 3.05) is 10.6 Å². The quantitative estimate of drug-likeness (QED) is 0.798. The lowest BCUT2D eigenvalue weighted by molar-refractivity contribution is 0.0698. The molecule has 1 aromatic heterocycles. The maximum absolute atomic E-state index is 11.7. The molecule has 0 fully saturated rings. The number of carbonyl (C=O) groups is 2. The summed E-state index contributed by atoms with van der Waals surface area (Å²) in [5, 5.41) is 22.5. The van der Waals surface area contributed by atoms with Crippen molar-refractivity contribution in [3.63, 3.8) is 0 Å². The van der Waals surface area contributed by atoms with E-state index in [1.165, 1.54) is 23.5 Å². The fourth-order valence-electron chi connectivity index (χ4n) is 1.38. The fraction of sp³-hybridized carbons (Fsp3) is 0.0909. The molecule has 98 valence electrons. The van der Waals surface area contributed by atoms with Crippen LogP contribution in [0.1, 0.15) is 15.4 Å². The highest BCUT2D eigenvalue weighted by Crippen LogP contribution is 2.17. The Hall–Kier alpha value is -2.48. The van der Waals surface area contributed by atoms with Crippen LogP contribution in [0.2, 0.25) is 0 Å². The van der Waals surface area contributed by atoms with Gasteiger partial charge in [-0.3, -0.25) is 5.32 Å². The smallest absolute Gasteiger partial charge is 0.337 e. The zero-order valence-electron chi connectivity index (χ0n) is 9.88. The Labute approximate surface area is 112 Å². The fourth-order valence-corrected chi connectivity index (χ4v) is 1.96. The first-order valence-electron chi connectivity index (χ1n) is 5.26. The van der Waals surface area contributed by atoms with Gasteiger partial charge < -0.3 is 10.4 Å². The Kier molecular flexibility index (Phi) is 3.71. The number of para-hydroxylation sites is 1. The molecule has 2 rings (SSSR count). The van der Waals surface area contributed by atoms with E-state index in [4.69, 9.17) is 5.11 Å². The predicted octanol–water partition coefficient (Wildman–Crippen LogP) is 2.19. The van der Waals surface area contributed by atoms with Crippen molar-refractivity contribution in [3.8, 4) is 0 Å². The van der Waals surface area contributed by atoms with Gasteiger partial charge in [0.15, 0.2) is 0 Å². The molecule has 0 spiro atoms. The predicted molar refractivity (Wildman–Crippen MR) is 70.7 cm³/mol. The molecular formula is C11H10N4O3S. The molecule has 0 saturated heterocycles. The third-order valence-corrected chi connectivity index (χ3v) is 2.91. The van der Waals surface area contributed by atoms with Gasteiger partial charge in [-0.05, 0) is 19.1 Å². The van der Waals surface area contributed by atoms with E-state index in [0.29, 0.717) is 5.13 Å². The van der Waals surface area contributed by atoms with Crippen molar-refractivity contribution in [2.45, 2.75) is 6.92 Å². The highest BCUT2D eigenvalue weighted by atomic mass is 32.1. The summed E-state index contributed by atoms with van der Waals surface area (Å²) in [6.45, 7) is 1.76. The van der Waals surface area contributed by atoms with Crippen molar-refractivity contribution in [1.82, 2.24) is 10.2 Å². The Morgan fingerprint density at radius 2 is 1.95 bits per heavy atom. The van der Waals surface area contributed by atoms with E-state index in [-0.39, 0.29) is 11.3 Å². The second-order valence-corrected chi connectivity index (χ2v) is 4.74. The topological polar surface area (TPSA) is 104 Å². The zero-order chi connectivity index (χ0) is 13.8. The van der Waals surface area contributed by atoms with E-state index in [2.05, 4.69) is 20.8 Å². The lowest BCUT2D eigenvalue weighted by Crippen LogP contribution is -2.20. The lowest BCUT2D eigenvalue weighted by atomic mass is 10.2. The van der Waals surface area contributed by atoms with Gasteiger partial charge in [0.1, 0.15) is 5.01 Å². The van der Waals surface area contributed by atoms with E-state index in [9.17, 15) is 9.59 Å². The molecule has 0 aliphatic carbocycles. The van der Waals surface area contributed by atoms with Crippen LogP contribution in [0.5, 0.6) is 0 Å². The van der Waals surface area contributed by atoms with Crippen molar-refractivity contribution in [1.29, 1.82) is 0 Å². The molecule has 19 heavy (non-hydrogen) atoms. The van der Waals surface area contributed by atoms with Crippen molar-refractivity contribution < 1.29 is 14.7 Å². The highest BCUT2D eigenvalue weighted by Gasteiger charge is 2.12. The molecule has 1 heterocycles. The standard InChI is InChI=1S/C11H10N4O3S/c1-6-14-15-11(19-6)13-10(18)12-8-5-3-2-4-7(8)9(16)17/h2-5H,1H3,(H,16,17)(H2,12,13,15,18). The number of benzene rings is 1. The average molecular weight is 278 g/mol. The number of nitrogens with one attached hydrogen (secondary N) is 2. The number of rotatable bonds is 3. The normalized spacial score (nSPS) is 9.95. The Bertz CT molecular complexity index is 626. The van der Waals surface area contributed by atoms with Crippen LogP contribution in [0.4, 0.5) is 15.6 Å². The number of amides is 2. The molecule has 0 unspecified atom stereocenters. The second kappa shape index (κ2) is 5.44. The average Bonchev–Trinajstić information content (AvgIpc) is 2.75. The molecule has 1 aromatic carbocycles. The monoisotopic (exact) mass is 278 g/mol. The Balaban J connectivity index is 2.09. The first-order valence-corrected chi connectivity index (χ1v) is 6.08. The minimum absolute atomic E-state index is 0.0195. The zero-order valence-corrected chi connectivity index (χ0v) is 10.7. The summed E-state index contributed by atoms with van der Waals surface area (Å²) >= 11 is 1.23. The van der Waals surface area contributed by atoms with E-state index in [0.717, 1.165) is 5.01 Å². The van der Waals surface area contributed by atoms with Crippen LogP contribution in [0.15, 0.2) is 24.3 Å². The molecule has 2 amide bonds. The molecule has 7 nitrogen and oxygen atoms in total. The Morgan fingerprint density at radius 1 is 1.21 bits per heavy atom. The second-order valence-electron chi connectivity index (χ2n) is 3.56. The van der Waals surface area contributed by atoms with Crippen LogP contribution in [-0.2, 0) is 0 Å². The van der Waals surface area contributed by atoms with Gasteiger partial charge in [-0.2, -0.15) is 0 Å². The molecule has 0 aliphatic heterocycles. The molecular weight excluding hydrogens is 268 g/mol. The largest absolute Gasteiger partial charge is 0.478 e. The first-order chi connectivity index (χ1) is 9.06. The van der Waals surface area contributed by atoms with Crippen molar-refractivity contribution >= 4 is 34.2 Å². The first kappa shape index (κ1) is 13.0. The number of carboxylic acids is 1. The summed E-state index contributed by atoms with van der Waals surface area (Å²) in [5.41, 5.74) is 0.236. The Morgan fingerprint density at radius 3 is 2.58 bits per heavy atom. The third kappa shape index (κ3) is 3.26. The van der Waals surface area contributed by atoms with Gasteiger partial charge in [0, 0.05) is 0 Å². The van der Waals surface area contributed by atoms with Crippen LogP contribution >= 0.6 is 11.3 Å². The van der Waals surface area contributed by atoms with E-state index < -0.39 is 12.0 Å².